The first-order valence-corrected chi connectivity index (χ1v) is 8.91. The van der Waals surface area contributed by atoms with E-state index < -0.39 is 11.7 Å². The van der Waals surface area contributed by atoms with E-state index in [2.05, 4.69) is 27.0 Å². The van der Waals surface area contributed by atoms with Gasteiger partial charge in [0.1, 0.15) is 0 Å². The normalized spacial score (nSPS) is 39.9. The number of aliphatic hydroxyl groups excluding tert-OH is 1. The maximum absolute atomic E-state index is 10.3. The molecule has 2 saturated heterocycles. The van der Waals surface area contributed by atoms with Crippen LogP contribution in [0.25, 0.3) is 0 Å². The van der Waals surface area contributed by atoms with Crippen LogP contribution >= 0.6 is 0 Å². The lowest BCUT2D eigenvalue weighted by molar-refractivity contribution is -0.000276. The first-order valence-electron chi connectivity index (χ1n) is 8.91. The van der Waals surface area contributed by atoms with Gasteiger partial charge in [0.15, 0.2) is 0 Å². The monoisotopic (exact) mass is 322 g/mol. The summed E-state index contributed by atoms with van der Waals surface area (Å²) < 4.78 is 6.37. The zero-order valence-corrected chi connectivity index (χ0v) is 15.3. The second-order valence-electron chi connectivity index (χ2n) is 8.52. The minimum absolute atomic E-state index is 0.0562. The third kappa shape index (κ3) is 3.57. The molecule has 6 atom stereocenters. The standard InChI is InChI=1S/C20H34O3/c1-7-18(4,22)11-9-16-19(5,12-8-15(21)14(2)3)17-10-13-20(16,6)23-17/h7,15-17,21-22H,1-2,8-13H2,3-6H3/t15-,16-,17+,18+,19-,20-/m0/s1. The Morgan fingerprint density at radius 3 is 2.70 bits per heavy atom. The summed E-state index contributed by atoms with van der Waals surface area (Å²) in [6, 6.07) is 0. The summed E-state index contributed by atoms with van der Waals surface area (Å²) in [7, 11) is 0. The topological polar surface area (TPSA) is 49.7 Å². The number of hydrogen-bond acceptors (Lipinski definition) is 3. The summed E-state index contributed by atoms with van der Waals surface area (Å²) in [6.45, 7) is 15.8. The maximum atomic E-state index is 10.3. The van der Waals surface area contributed by atoms with Gasteiger partial charge < -0.3 is 14.9 Å². The summed E-state index contributed by atoms with van der Waals surface area (Å²) in [4.78, 5) is 0. The van der Waals surface area contributed by atoms with Gasteiger partial charge in [0.05, 0.1) is 23.4 Å². The van der Waals surface area contributed by atoms with Gasteiger partial charge in [-0.2, -0.15) is 0 Å². The van der Waals surface area contributed by atoms with Crippen LogP contribution in [0.2, 0.25) is 0 Å². The van der Waals surface area contributed by atoms with Gasteiger partial charge in [0.2, 0.25) is 0 Å². The first-order chi connectivity index (χ1) is 10.5. The van der Waals surface area contributed by atoms with Gasteiger partial charge >= 0.3 is 0 Å². The fraction of sp³-hybridized carbons (Fsp3) is 0.800. The van der Waals surface area contributed by atoms with Crippen LogP contribution in [0.1, 0.15) is 66.2 Å². The summed E-state index contributed by atoms with van der Waals surface area (Å²) in [5, 5.41) is 20.4. The summed E-state index contributed by atoms with van der Waals surface area (Å²) in [6.07, 6.45) is 6.95. The highest BCUT2D eigenvalue weighted by Gasteiger charge is 2.62. The molecule has 0 radical (unpaired) electrons. The molecule has 3 nitrogen and oxygen atoms in total. The molecule has 2 heterocycles. The molecule has 0 saturated carbocycles. The van der Waals surface area contributed by atoms with Crippen LogP contribution in [-0.4, -0.2) is 33.6 Å². The highest BCUT2D eigenvalue weighted by Crippen LogP contribution is 2.61. The Morgan fingerprint density at radius 2 is 2.13 bits per heavy atom. The maximum Gasteiger partial charge on any atom is 0.0797 e. The smallest absolute Gasteiger partial charge is 0.0797 e. The summed E-state index contributed by atoms with van der Waals surface area (Å²) in [5.74, 6) is 0.400. The van der Waals surface area contributed by atoms with Gasteiger partial charge in [-0.05, 0) is 70.6 Å². The van der Waals surface area contributed by atoms with Crippen LogP contribution in [0.3, 0.4) is 0 Å². The van der Waals surface area contributed by atoms with E-state index in [1.807, 2.05) is 13.8 Å². The van der Waals surface area contributed by atoms with E-state index in [9.17, 15) is 10.2 Å². The zero-order chi connectivity index (χ0) is 17.5. The molecule has 23 heavy (non-hydrogen) atoms. The van der Waals surface area contributed by atoms with Gasteiger partial charge in [0, 0.05) is 0 Å². The third-order valence-electron chi connectivity index (χ3n) is 6.49. The lowest BCUT2D eigenvalue weighted by Gasteiger charge is -2.43. The zero-order valence-electron chi connectivity index (χ0n) is 15.3. The molecular formula is C20H34O3. The average molecular weight is 322 g/mol. The van der Waals surface area contributed by atoms with Gasteiger partial charge in [-0.3, -0.25) is 0 Å². The van der Waals surface area contributed by atoms with E-state index in [4.69, 9.17) is 4.74 Å². The highest BCUT2D eigenvalue weighted by atomic mass is 16.5. The van der Waals surface area contributed by atoms with Crippen molar-refractivity contribution in [2.24, 2.45) is 11.3 Å². The summed E-state index contributed by atoms with van der Waals surface area (Å²) >= 11 is 0. The Bertz CT molecular complexity index is 470. The molecule has 3 heteroatoms. The third-order valence-corrected chi connectivity index (χ3v) is 6.49. The van der Waals surface area contributed by atoms with E-state index >= 15 is 0 Å². The van der Waals surface area contributed by atoms with Crippen LogP contribution in [0, 0.1) is 11.3 Å². The number of hydrogen-bond donors (Lipinski definition) is 2. The molecule has 0 aliphatic carbocycles. The molecule has 2 fully saturated rings. The molecule has 2 rings (SSSR count). The molecule has 0 spiro atoms. The van der Waals surface area contributed by atoms with E-state index in [0.29, 0.717) is 12.3 Å². The number of rotatable bonds is 8. The van der Waals surface area contributed by atoms with E-state index in [-0.39, 0.29) is 17.1 Å². The van der Waals surface area contributed by atoms with Crippen molar-refractivity contribution in [3.8, 4) is 0 Å². The van der Waals surface area contributed by atoms with Crippen LogP contribution in [0.4, 0.5) is 0 Å². The average Bonchev–Trinajstić information content (AvgIpc) is 2.96. The van der Waals surface area contributed by atoms with Crippen molar-refractivity contribution in [1.82, 2.24) is 0 Å². The Labute approximate surface area is 141 Å². The van der Waals surface area contributed by atoms with E-state index in [0.717, 1.165) is 37.7 Å². The fourth-order valence-electron chi connectivity index (χ4n) is 4.71. The Morgan fingerprint density at radius 1 is 1.48 bits per heavy atom. The van der Waals surface area contributed by atoms with Crippen LogP contribution < -0.4 is 0 Å². The van der Waals surface area contributed by atoms with Gasteiger partial charge in [0.25, 0.3) is 0 Å². The quantitative estimate of drug-likeness (QED) is 0.664. The Hall–Kier alpha value is -0.640. The van der Waals surface area contributed by atoms with E-state index in [1.54, 1.807) is 6.08 Å². The van der Waals surface area contributed by atoms with Gasteiger partial charge in [-0.15, -0.1) is 6.58 Å². The van der Waals surface area contributed by atoms with Crippen molar-refractivity contribution >= 4 is 0 Å². The van der Waals surface area contributed by atoms with Crippen molar-refractivity contribution in [1.29, 1.82) is 0 Å². The second kappa shape index (κ2) is 6.34. The predicted molar refractivity (Wildman–Crippen MR) is 94.2 cm³/mol. The lowest BCUT2D eigenvalue weighted by atomic mass is 9.59. The lowest BCUT2D eigenvalue weighted by Crippen LogP contribution is -2.43. The number of ether oxygens (including phenoxy) is 1. The van der Waals surface area contributed by atoms with Crippen LogP contribution in [0.5, 0.6) is 0 Å². The van der Waals surface area contributed by atoms with Crippen molar-refractivity contribution in [2.75, 3.05) is 0 Å². The second-order valence-corrected chi connectivity index (χ2v) is 8.52. The minimum Gasteiger partial charge on any atom is -0.389 e. The molecule has 0 aromatic rings. The molecule has 2 aliphatic rings. The summed E-state index contributed by atoms with van der Waals surface area (Å²) in [5.41, 5.74) is -0.0306. The molecule has 0 aromatic heterocycles. The SMILES string of the molecule is C=C[C@@](C)(O)CC[C@H]1[C@](C)(CC[C@H](O)C(=C)C)[C@H]2CC[C@]1(C)O2. The van der Waals surface area contributed by atoms with Crippen molar-refractivity contribution in [3.05, 3.63) is 24.8 Å². The first kappa shape index (κ1) is 18.7. The van der Waals surface area contributed by atoms with Gasteiger partial charge in [-0.1, -0.05) is 25.2 Å². The van der Waals surface area contributed by atoms with E-state index in [1.165, 1.54) is 0 Å². The largest absolute Gasteiger partial charge is 0.389 e. The Balaban J connectivity index is 2.12. The number of aliphatic hydroxyl groups is 2. The fourth-order valence-corrected chi connectivity index (χ4v) is 4.71. The van der Waals surface area contributed by atoms with Crippen LogP contribution in [-0.2, 0) is 4.74 Å². The Kier molecular flexibility index (Phi) is 5.16. The van der Waals surface area contributed by atoms with Crippen molar-refractivity contribution in [3.63, 3.8) is 0 Å². The molecule has 0 aromatic carbocycles. The molecule has 2 N–H and O–H groups in total. The van der Waals surface area contributed by atoms with Gasteiger partial charge in [-0.25, -0.2) is 0 Å². The van der Waals surface area contributed by atoms with Crippen molar-refractivity contribution in [2.45, 2.75) is 89.6 Å². The molecule has 132 valence electrons. The molecule has 0 amide bonds. The predicted octanol–water partition coefficient (Wildman–Crippen LogP) is 3.99. The molecule has 2 aliphatic heterocycles. The molecule has 2 bridgehead atoms. The minimum atomic E-state index is -0.823. The molecule has 0 unspecified atom stereocenters. The van der Waals surface area contributed by atoms with Crippen molar-refractivity contribution < 1.29 is 14.9 Å². The number of fused-ring (bicyclic) bond motifs is 2. The van der Waals surface area contributed by atoms with Crippen LogP contribution in [0.15, 0.2) is 24.8 Å². The molecular weight excluding hydrogens is 288 g/mol. The highest BCUT2D eigenvalue weighted by molar-refractivity contribution is 5.11.